The number of nitrogens with one attached hydrogen (secondary N) is 1. The Morgan fingerprint density at radius 3 is 2.53 bits per heavy atom. The van der Waals surface area contributed by atoms with Gasteiger partial charge in [-0.15, -0.1) is 0 Å². The molecule has 4 heteroatoms. The van der Waals surface area contributed by atoms with E-state index in [-0.39, 0.29) is 5.54 Å². The van der Waals surface area contributed by atoms with Crippen LogP contribution in [0.2, 0.25) is 10.0 Å². The highest BCUT2D eigenvalue weighted by Gasteiger charge is 2.31. The number of nitrogens with zero attached hydrogens (tertiary/aromatic N) is 1. The summed E-state index contributed by atoms with van der Waals surface area (Å²) in [4.78, 5) is 2.49. The number of hydrogen-bond donors (Lipinski definition) is 1. The van der Waals surface area contributed by atoms with E-state index in [1.165, 1.54) is 0 Å². The van der Waals surface area contributed by atoms with Crippen LogP contribution in [0.5, 0.6) is 0 Å². The summed E-state index contributed by atoms with van der Waals surface area (Å²) in [6, 6.07) is 6.27. The van der Waals surface area contributed by atoms with Crippen LogP contribution in [0.3, 0.4) is 0 Å². The van der Waals surface area contributed by atoms with Crippen molar-refractivity contribution in [2.45, 2.75) is 45.3 Å². The Morgan fingerprint density at radius 2 is 1.95 bits per heavy atom. The average Bonchev–Trinajstić information content (AvgIpc) is 2.33. The molecule has 2 nitrogen and oxygen atoms in total. The molecule has 1 atom stereocenters. The first-order chi connectivity index (χ1) is 8.93. The molecule has 0 spiro atoms. The minimum atomic E-state index is 0.138. The molecule has 1 unspecified atom stereocenters. The molecule has 19 heavy (non-hydrogen) atoms. The van der Waals surface area contributed by atoms with Gasteiger partial charge in [0.25, 0.3) is 0 Å². The monoisotopic (exact) mass is 300 g/mol. The highest BCUT2D eigenvalue weighted by atomic mass is 35.5. The molecule has 0 bridgehead atoms. The van der Waals surface area contributed by atoms with Gasteiger partial charge in [-0.3, -0.25) is 4.90 Å². The summed E-state index contributed by atoms with van der Waals surface area (Å²) in [5.41, 5.74) is 1.18. The van der Waals surface area contributed by atoms with Crippen LogP contribution in [-0.4, -0.2) is 29.6 Å². The molecule has 0 aliphatic carbocycles. The molecule has 1 aliphatic rings. The molecule has 1 saturated heterocycles. The minimum absolute atomic E-state index is 0.138. The quantitative estimate of drug-likeness (QED) is 0.909. The molecule has 0 aromatic heterocycles. The Hall–Kier alpha value is -0.280. The van der Waals surface area contributed by atoms with Crippen molar-refractivity contribution in [2.75, 3.05) is 13.1 Å². The Balaban J connectivity index is 2.19. The predicted octanol–water partition coefficient (Wildman–Crippen LogP) is 3.96. The maximum atomic E-state index is 6.28. The topological polar surface area (TPSA) is 15.3 Å². The minimum Gasteiger partial charge on any atom is -0.309 e. The van der Waals surface area contributed by atoms with Crippen LogP contribution in [0.15, 0.2) is 18.2 Å². The molecule has 0 radical (unpaired) electrons. The number of halogens is 2. The normalized spacial score (nSPS) is 23.5. The molecule has 1 aromatic rings. The van der Waals surface area contributed by atoms with Crippen LogP contribution in [0, 0.1) is 0 Å². The van der Waals surface area contributed by atoms with E-state index in [1.807, 2.05) is 18.2 Å². The molecule has 1 aliphatic heterocycles. The highest BCUT2D eigenvalue weighted by molar-refractivity contribution is 6.35. The summed E-state index contributed by atoms with van der Waals surface area (Å²) in [6.45, 7) is 9.55. The maximum absolute atomic E-state index is 6.28. The van der Waals surface area contributed by atoms with Gasteiger partial charge < -0.3 is 5.32 Å². The second kappa shape index (κ2) is 6.01. The average molecular weight is 301 g/mol. The van der Waals surface area contributed by atoms with E-state index >= 15 is 0 Å². The zero-order valence-corrected chi connectivity index (χ0v) is 13.4. The van der Waals surface area contributed by atoms with Gasteiger partial charge in [-0.2, -0.15) is 0 Å². The summed E-state index contributed by atoms with van der Waals surface area (Å²) in [7, 11) is 0. The van der Waals surface area contributed by atoms with Gasteiger partial charge in [0.2, 0.25) is 0 Å². The fourth-order valence-electron chi connectivity index (χ4n) is 2.69. The molecule has 1 N–H and O–H groups in total. The van der Waals surface area contributed by atoms with E-state index in [2.05, 4.69) is 31.0 Å². The van der Waals surface area contributed by atoms with Crippen molar-refractivity contribution in [2.24, 2.45) is 0 Å². The summed E-state index contributed by atoms with van der Waals surface area (Å²) in [5.74, 6) is 0. The molecule has 1 heterocycles. The van der Waals surface area contributed by atoms with E-state index in [1.54, 1.807) is 0 Å². The van der Waals surface area contributed by atoms with E-state index < -0.39 is 0 Å². The third kappa shape index (κ3) is 3.63. The molecule has 1 fully saturated rings. The number of piperazine rings is 1. The Bertz CT molecular complexity index is 426. The lowest BCUT2D eigenvalue weighted by molar-refractivity contribution is 0.0859. The van der Waals surface area contributed by atoms with Crippen molar-refractivity contribution in [3.05, 3.63) is 33.8 Å². The van der Waals surface area contributed by atoms with Gasteiger partial charge in [0, 0.05) is 46.8 Å². The predicted molar refractivity (Wildman–Crippen MR) is 83.0 cm³/mol. The van der Waals surface area contributed by atoms with E-state index in [4.69, 9.17) is 23.2 Å². The van der Waals surface area contributed by atoms with Gasteiger partial charge in [0.1, 0.15) is 0 Å². The molecule has 0 saturated carbocycles. The highest BCUT2D eigenvalue weighted by Crippen LogP contribution is 2.28. The summed E-state index contributed by atoms with van der Waals surface area (Å²) in [5, 5.41) is 5.12. The van der Waals surface area contributed by atoms with Gasteiger partial charge in [0.05, 0.1) is 0 Å². The molecule has 2 rings (SSSR count). The number of rotatable bonds is 3. The smallest absolute Gasteiger partial charge is 0.0465 e. The molecule has 106 valence electrons. The first kappa shape index (κ1) is 15.1. The van der Waals surface area contributed by atoms with Gasteiger partial charge in [-0.25, -0.2) is 0 Å². The van der Waals surface area contributed by atoms with Crippen molar-refractivity contribution in [1.82, 2.24) is 10.2 Å². The SMILES string of the molecule is CCC1CNC(C)(C)CN1Cc1c(Cl)cccc1Cl. The van der Waals surface area contributed by atoms with Gasteiger partial charge >= 0.3 is 0 Å². The van der Waals surface area contributed by atoms with Gasteiger partial charge in [-0.1, -0.05) is 36.2 Å². The van der Waals surface area contributed by atoms with Gasteiger partial charge in [-0.05, 0) is 32.4 Å². The third-order valence-corrected chi connectivity index (χ3v) is 4.53. The Kier molecular flexibility index (Phi) is 4.78. The fraction of sp³-hybridized carbons (Fsp3) is 0.600. The van der Waals surface area contributed by atoms with Crippen molar-refractivity contribution >= 4 is 23.2 Å². The largest absolute Gasteiger partial charge is 0.309 e. The van der Waals surface area contributed by atoms with Crippen molar-refractivity contribution in [3.8, 4) is 0 Å². The number of benzene rings is 1. The third-order valence-electron chi connectivity index (χ3n) is 3.83. The summed E-state index contributed by atoms with van der Waals surface area (Å²) < 4.78 is 0. The Morgan fingerprint density at radius 1 is 1.32 bits per heavy atom. The lowest BCUT2D eigenvalue weighted by Gasteiger charge is -2.44. The summed E-state index contributed by atoms with van der Waals surface area (Å²) >= 11 is 12.6. The van der Waals surface area contributed by atoms with Crippen LogP contribution in [0.4, 0.5) is 0 Å². The maximum Gasteiger partial charge on any atom is 0.0465 e. The van der Waals surface area contributed by atoms with E-state index in [0.717, 1.165) is 41.7 Å². The molecular weight excluding hydrogens is 279 g/mol. The fourth-order valence-corrected chi connectivity index (χ4v) is 3.21. The number of hydrogen-bond acceptors (Lipinski definition) is 2. The standard InChI is InChI=1S/C15H22Cl2N2/c1-4-11-8-18-15(2,3)10-19(11)9-12-13(16)6-5-7-14(12)17/h5-7,11,18H,4,8-10H2,1-3H3. The van der Waals surface area contributed by atoms with Crippen LogP contribution in [0.1, 0.15) is 32.8 Å². The van der Waals surface area contributed by atoms with E-state index in [0.29, 0.717) is 6.04 Å². The van der Waals surface area contributed by atoms with Crippen molar-refractivity contribution in [1.29, 1.82) is 0 Å². The van der Waals surface area contributed by atoms with Crippen molar-refractivity contribution in [3.63, 3.8) is 0 Å². The molecular formula is C15H22Cl2N2. The van der Waals surface area contributed by atoms with E-state index in [9.17, 15) is 0 Å². The van der Waals surface area contributed by atoms with Crippen LogP contribution in [-0.2, 0) is 6.54 Å². The molecule has 1 aromatic carbocycles. The van der Waals surface area contributed by atoms with Crippen LogP contribution >= 0.6 is 23.2 Å². The second-order valence-corrected chi connectivity index (χ2v) is 6.75. The van der Waals surface area contributed by atoms with Crippen LogP contribution < -0.4 is 5.32 Å². The lowest BCUT2D eigenvalue weighted by atomic mass is 9.97. The van der Waals surface area contributed by atoms with Crippen LogP contribution in [0.25, 0.3) is 0 Å². The molecule has 0 amide bonds. The lowest BCUT2D eigenvalue weighted by Crippen LogP contribution is -2.61. The zero-order valence-electron chi connectivity index (χ0n) is 11.8. The first-order valence-electron chi connectivity index (χ1n) is 6.85. The van der Waals surface area contributed by atoms with Gasteiger partial charge in [0.15, 0.2) is 0 Å². The second-order valence-electron chi connectivity index (χ2n) is 5.93. The first-order valence-corrected chi connectivity index (χ1v) is 7.60. The summed E-state index contributed by atoms with van der Waals surface area (Å²) in [6.07, 6.45) is 1.13. The Labute approximate surface area is 126 Å². The van der Waals surface area contributed by atoms with Crippen molar-refractivity contribution < 1.29 is 0 Å². The zero-order chi connectivity index (χ0) is 14.0.